The van der Waals surface area contributed by atoms with Gasteiger partial charge in [0.05, 0.1) is 0 Å². The van der Waals surface area contributed by atoms with Crippen molar-refractivity contribution in [2.75, 3.05) is 19.6 Å². The van der Waals surface area contributed by atoms with E-state index in [-0.39, 0.29) is 0 Å². The molecular formula is C11H24N4O2. The van der Waals surface area contributed by atoms with Crippen LogP contribution in [-0.4, -0.2) is 47.1 Å². The van der Waals surface area contributed by atoms with Gasteiger partial charge >= 0.3 is 5.97 Å². The Bertz CT molecular complexity index is 277. The number of nitrogens with two attached hydrogens (primary N) is 2. The molecule has 5 N–H and O–H groups in total. The molecule has 0 fully saturated rings. The average Bonchev–Trinajstić information content (AvgIpc) is 2.24. The number of carboxylic acids is 1. The van der Waals surface area contributed by atoms with Crippen LogP contribution >= 0.6 is 0 Å². The van der Waals surface area contributed by atoms with E-state index in [4.69, 9.17) is 16.6 Å². The molecule has 0 rings (SSSR count). The van der Waals surface area contributed by atoms with Crippen molar-refractivity contribution in [3.05, 3.63) is 0 Å². The van der Waals surface area contributed by atoms with E-state index in [1.807, 2.05) is 18.7 Å². The third-order valence-electron chi connectivity index (χ3n) is 2.64. The minimum atomic E-state index is -1.17. The number of hydrogen-bond donors (Lipinski definition) is 3. The third-order valence-corrected chi connectivity index (χ3v) is 2.64. The molecule has 0 aliphatic rings. The lowest BCUT2D eigenvalue weighted by Crippen LogP contribution is -2.46. The van der Waals surface area contributed by atoms with Gasteiger partial charge in [-0.25, -0.2) is 0 Å². The van der Waals surface area contributed by atoms with Crippen molar-refractivity contribution < 1.29 is 9.90 Å². The van der Waals surface area contributed by atoms with Crippen LogP contribution in [0.1, 0.15) is 33.6 Å². The largest absolute Gasteiger partial charge is 0.480 e. The van der Waals surface area contributed by atoms with Gasteiger partial charge in [0.15, 0.2) is 5.96 Å². The van der Waals surface area contributed by atoms with Crippen LogP contribution in [0.15, 0.2) is 4.99 Å². The Morgan fingerprint density at radius 2 is 2.06 bits per heavy atom. The van der Waals surface area contributed by atoms with Gasteiger partial charge in [0.2, 0.25) is 0 Å². The first-order valence-corrected chi connectivity index (χ1v) is 5.92. The summed E-state index contributed by atoms with van der Waals surface area (Å²) in [5.41, 5.74) is 10.2. The van der Waals surface area contributed by atoms with E-state index in [0.29, 0.717) is 31.9 Å². The summed E-state index contributed by atoms with van der Waals surface area (Å²) in [7, 11) is 0. The molecule has 0 unspecified atom stereocenters. The highest BCUT2D eigenvalue weighted by molar-refractivity contribution is 5.78. The molecular weight excluding hydrogens is 220 g/mol. The van der Waals surface area contributed by atoms with Gasteiger partial charge in [-0.05, 0) is 33.6 Å². The quantitative estimate of drug-likeness (QED) is 0.439. The van der Waals surface area contributed by atoms with Crippen molar-refractivity contribution in [1.29, 1.82) is 0 Å². The lowest BCUT2D eigenvalue weighted by Gasteiger charge is -2.24. The summed E-state index contributed by atoms with van der Waals surface area (Å²) >= 11 is 0. The van der Waals surface area contributed by atoms with E-state index in [1.54, 1.807) is 0 Å². The van der Waals surface area contributed by atoms with Crippen molar-refractivity contribution in [2.24, 2.45) is 16.5 Å². The number of carboxylic acid groups (broad SMARTS) is 1. The van der Waals surface area contributed by atoms with E-state index < -0.39 is 11.5 Å². The van der Waals surface area contributed by atoms with Crippen molar-refractivity contribution in [3.63, 3.8) is 0 Å². The van der Waals surface area contributed by atoms with Crippen LogP contribution in [-0.2, 0) is 4.79 Å². The Balaban J connectivity index is 4.18. The van der Waals surface area contributed by atoms with Crippen molar-refractivity contribution in [3.8, 4) is 0 Å². The molecule has 0 saturated heterocycles. The summed E-state index contributed by atoms with van der Waals surface area (Å²) < 4.78 is 0. The summed E-state index contributed by atoms with van der Waals surface area (Å²) in [4.78, 5) is 16.9. The van der Waals surface area contributed by atoms with E-state index in [2.05, 4.69) is 4.99 Å². The zero-order valence-electron chi connectivity index (χ0n) is 10.9. The van der Waals surface area contributed by atoms with Gasteiger partial charge in [0, 0.05) is 19.6 Å². The lowest BCUT2D eigenvalue weighted by molar-refractivity contribution is -0.142. The molecule has 0 aromatic heterocycles. The van der Waals surface area contributed by atoms with Gasteiger partial charge in [0.25, 0.3) is 0 Å². The molecule has 6 heteroatoms. The maximum absolute atomic E-state index is 10.8. The average molecular weight is 244 g/mol. The zero-order valence-corrected chi connectivity index (χ0v) is 10.9. The Hall–Kier alpha value is -1.30. The number of carbonyl (C=O) groups is 1. The Kier molecular flexibility index (Phi) is 6.57. The summed E-state index contributed by atoms with van der Waals surface area (Å²) in [6.07, 6.45) is 1.09. The molecule has 0 aliphatic carbocycles. The van der Waals surface area contributed by atoms with Gasteiger partial charge in [0.1, 0.15) is 5.54 Å². The second-order valence-electron chi connectivity index (χ2n) is 4.24. The van der Waals surface area contributed by atoms with Gasteiger partial charge < -0.3 is 21.5 Å². The SMILES string of the molecule is CCN=C(N)N(CC)CCC[C@](C)(N)C(=O)O. The second-order valence-corrected chi connectivity index (χ2v) is 4.24. The van der Waals surface area contributed by atoms with Crippen molar-refractivity contribution in [2.45, 2.75) is 39.2 Å². The Morgan fingerprint density at radius 1 is 1.47 bits per heavy atom. The molecule has 0 spiro atoms. The van der Waals surface area contributed by atoms with Crippen LogP contribution in [0.5, 0.6) is 0 Å². The molecule has 0 radical (unpaired) electrons. The smallest absolute Gasteiger partial charge is 0.323 e. The fraction of sp³-hybridized carbons (Fsp3) is 0.818. The molecule has 0 aliphatic heterocycles. The fourth-order valence-corrected chi connectivity index (χ4v) is 1.44. The summed E-state index contributed by atoms with van der Waals surface area (Å²) in [6, 6.07) is 0. The summed E-state index contributed by atoms with van der Waals surface area (Å²) in [6.45, 7) is 7.50. The number of nitrogens with zero attached hydrogens (tertiary/aromatic N) is 2. The topological polar surface area (TPSA) is 105 Å². The predicted molar refractivity (Wildman–Crippen MR) is 68.9 cm³/mol. The van der Waals surface area contributed by atoms with Crippen LogP contribution in [0.2, 0.25) is 0 Å². The fourth-order valence-electron chi connectivity index (χ4n) is 1.44. The van der Waals surface area contributed by atoms with E-state index in [9.17, 15) is 4.79 Å². The van der Waals surface area contributed by atoms with Gasteiger partial charge in [-0.3, -0.25) is 9.79 Å². The van der Waals surface area contributed by atoms with Crippen molar-refractivity contribution >= 4 is 11.9 Å². The highest BCUT2D eigenvalue weighted by Crippen LogP contribution is 2.09. The molecule has 6 nitrogen and oxygen atoms in total. The number of aliphatic carboxylic acids is 1. The molecule has 17 heavy (non-hydrogen) atoms. The molecule has 100 valence electrons. The second kappa shape index (κ2) is 7.11. The minimum absolute atomic E-state index is 0.415. The maximum Gasteiger partial charge on any atom is 0.323 e. The molecule has 1 atom stereocenters. The van der Waals surface area contributed by atoms with Crippen LogP contribution in [0.3, 0.4) is 0 Å². The highest BCUT2D eigenvalue weighted by Gasteiger charge is 2.27. The van der Waals surface area contributed by atoms with Crippen LogP contribution in [0.25, 0.3) is 0 Å². The molecule has 0 aromatic rings. The Morgan fingerprint density at radius 3 is 2.47 bits per heavy atom. The van der Waals surface area contributed by atoms with Crippen LogP contribution in [0.4, 0.5) is 0 Å². The van der Waals surface area contributed by atoms with Gasteiger partial charge in [-0.2, -0.15) is 0 Å². The first-order chi connectivity index (χ1) is 7.85. The molecule has 0 amide bonds. The number of aliphatic imine (C=N–C) groups is 1. The van der Waals surface area contributed by atoms with Gasteiger partial charge in [-0.15, -0.1) is 0 Å². The number of rotatable bonds is 7. The monoisotopic (exact) mass is 244 g/mol. The normalized spacial score (nSPS) is 15.4. The third kappa shape index (κ3) is 5.53. The number of hydrogen-bond acceptors (Lipinski definition) is 3. The first kappa shape index (κ1) is 15.7. The number of guanidine groups is 1. The lowest BCUT2D eigenvalue weighted by atomic mass is 9.97. The van der Waals surface area contributed by atoms with Crippen molar-refractivity contribution in [1.82, 2.24) is 4.90 Å². The van der Waals surface area contributed by atoms with E-state index in [0.717, 1.165) is 6.54 Å². The Labute approximate surface area is 103 Å². The van der Waals surface area contributed by atoms with E-state index in [1.165, 1.54) is 6.92 Å². The molecule has 0 bridgehead atoms. The predicted octanol–water partition coefficient (Wildman–Crippen LogP) is 0.225. The zero-order chi connectivity index (χ0) is 13.5. The standard InChI is InChI=1S/C11H24N4O2/c1-4-14-10(12)15(5-2)8-6-7-11(3,13)9(16)17/h4-8,13H2,1-3H3,(H2,12,14)(H,16,17)/t11-/m0/s1. The maximum atomic E-state index is 10.8. The van der Waals surface area contributed by atoms with Gasteiger partial charge in [-0.1, -0.05) is 0 Å². The molecule has 0 aromatic carbocycles. The highest BCUT2D eigenvalue weighted by atomic mass is 16.4. The summed E-state index contributed by atoms with van der Waals surface area (Å²) in [5, 5.41) is 8.87. The first-order valence-electron chi connectivity index (χ1n) is 5.92. The van der Waals surface area contributed by atoms with Crippen LogP contribution in [0, 0.1) is 0 Å². The summed E-state index contributed by atoms with van der Waals surface area (Å²) in [5.74, 6) is -0.472. The molecule has 0 saturated carbocycles. The molecule has 0 heterocycles. The van der Waals surface area contributed by atoms with E-state index >= 15 is 0 Å². The minimum Gasteiger partial charge on any atom is -0.480 e. The van der Waals surface area contributed by atoms with Crippen LogP contribution < -0.4 is 11.5 Å².